The molecule has 1 aliphatic carbocycles. The van der Waals surface area contributed by atoms with Crippen LogP contribution in [0.4, 0.5) is 0 Å². The van der Waals surface area contributed by atoms with Crippen molar-refractivity contribution in [2.45, 2.75) is 38.1 Å². The Hall–Kier alpha value is -0.120. The standard InChI is InChI=1S/C12H24N2O/c1-14(11-4-2-3-5-11)9-12(8-13)6-7-15-10-12/h11H,2-10,13H2,1H3. The maximum Gasteiger partial charge on any atom is 0.0547 e. The molecule has 0 aromatic heterocycles. The second kappa shape index (κ2) is 4.81. The molecule has 0 aromatic carbocycles. The molecular weight excluding hydrogens is 188 g/mol. The SMILES string of the molecule is CN(CC1(CN)CCOC1)C1CCCC1. The van der Waals surface area contributed by atoms with Gasteiger partial charge >= 0.3 is 0 Å². The Labute approximate surface area is 93.0 Å². The number of ether oxygens (including phenoxy) is 1. The first-order valence-electron chi connectivity index (χ1n) is 6.24. The van der Waals surface area contributed by atoms with Crippen LogP contribution in [0.1, 0.15) is 32.1 Å². The maximum atomic E-state index is 5.91. The highest BCUT2D eigenvalue weighted by atomic mass is 16.5. The summed E-state index contributed by atoms with van der Waals surface area (Å²) in [5, 5.41) is 0. The van der Waals surface area contributed by atoms with Gasteiger partial charge in [0.05, 0.1) is 6.61 Å². The van der Waals surface area contributed by atoms with Crippen LogP contribution in [0, 0.1) is 5.41 Å². The summed E-state index contributed by atoms with van der Waals surface area (Å²) in [5.41, 5.74) is 6.16. The average molecular weight is 212 g/mol. The molecule has 2 N–H and O–H groups in total. The zero-order valence-electron chi connectivity index (χ0n) is 9.87. The molecule has 1 atom stereocenters. The first-order chi connectivity index (χ1) is 7.26. The minimum atomic E-state index is 0.247. The van der Waals surface area contributed by atoms with Crippen molar-refractivity contribution in [3.05, 3.63) is 0 Å². The largest absolute Gasteiger partial charge is 0.381 e. The molecule has 88 valence electrons. The van der Waals surface area contributed by atoms with Gasteiger partial charge in [-0.3, -0.25) is 0 Å². The number of hydrogen-bond donors (Lipinski definition) is 1. The molecule has 1 unspecified atom stereocenters. The molecule has 0 bridgehead atoms. The highest BCUT2D eigenvalue weighted by Gasteiger charge is 2.36. The van der Waals surface area contributed by atoms with E-state index in [0.717, 1.165) is 38.8 Å². The molecule has 0 radical (unpaired) electrons. The Morgan fingerprint density at radius 2 is 2.13 bits per heavy atom. The van der Waals surface area contributed by atoms with E-state index in [9.17, 15) is 0 Å². The molecule has 2 aliphatic rings. The first kappa shape index (κ1) is 11.4. The topological polar surface area (TPSA) is 38.5 Å². The van der Waals surface area contributed by atoms with E-state index in [1.807, 2.05) is 0 Å². The molecule has 3 nitrogen and oxygen atoms in total. The molecule has 0 aromatic rings. The van der Waals surface area contributed by atoms with E-state index in [-0.39, 0.29) is 5.41 Å². The van der Waals surface area contributed by atoms with Crippen molar-refractivity contribution in [3.8, 4) is 0 Å². The normalized spacial score (nSPS) is 33.0. The third-order valence-electron chi connectivity index (χ3n) is 4.15. The summed E-state index contributed by atoms with van der Waals surface area (Å²) in [6, 6.07) is 0.800. The lowest BCUT2D eigenvalue weighted by molar-refractivity contribution is 0.108. The van der Waals surface area contributed by atoms with Gasteiger partial charge in [-0.05, 0) is 26.3 Å². The fraction of sp³-hybridized carbons (Fsp3) is 1.00. The second-order valence-electron chi connectivity index (χ2n) is 5.36. The molecule has 0 spiro atoms. The first-order valence-corrected chi connectivity index (χ1v) is 6.24. The van der Waals surface area contributed by atoms with Gasteiger partial charge in [-0.2, -0.15) is 0 Å². The Morgan fingerprint density at radius 3 is 2.67 bits per heavy atom. The quantitative estimate of drug-likeness (QED) is 0.761. The monoisotopic (exact) mass is 212 g/mol. The van der Waals surface area contributed by atoms with Crippen LogP contribution in [-0.4, -0.2) is 44.3 Å². The lowest BCUT2D eigenvalue weighted by atomic mass is 9.86. The van der Waals surface area contributed by atoms with Crippen molar-refractivity contribution in [1.82, 2.24) is 4.90 Å². The van der Waals surface area contributed by atoms with Gasteiger partial charge in [-0.15, -0.1) is 0 Å². The summed E-state index contributed by atoms with van der Waals surface area (Å²) in [5.74, 6) is 0. The van der Waals surface area contributed by atoms with Gasteiger partial charge in [0, 0.05) is 31.2 Å². The molecule has 2 rings (SSSR count). The number of rotatable bonds is 4. The molecule has 1 saturated heterocycles. The third kappa shape index (κ3) is 2.52. The second-order valence-corrected chi connectivity index (χ2v) is 5.36. The predicted octanol–water partition coefficient (Wildman–Crippen LogP) is 1.23. The van der Waals surface area contributed by atoms with E-state index in [1.165, 1.54) is 25.7 Å². The Balaban J connectivity index is 1.88. The van der Waals surface area contributed by atoms with Gasteiger partial charge in [0.2, 0.25) is 0 Å². The van der Waals surface area contributed by atoms with Crippen LogP contribution >= 0.6 is 0 Å². The third-order valence-corrected chi connectivity index (χ3v) is 4.15. The Kier molecular flexibility index (Phi) is 3.65. The van der Waals surface area contributed by atoms with E-state index >= 15 is 0 Å². The lowest BCUT2D eigenvalue weighted by Crippen LogP contribution is -2.44. The molecule has 15 heavy (non-hydrogen) atoms. The lowest BCUT2D eigenvalue weighted by Gasteiger charge is -2.34. The molecule has 2 fully saturated rings. The van der Waals surface area contributed by atoms with E-state index in [0.29, 0.717) is 0 Å². The summed E-state index contributed by atoms with van der Waals surface area (Å²) in [6.45, 7) is 3.65. The van der Waals surface area contributed by atoms with E-state index in [1.54, 1.807) is 0 Å². The molecule has 1 heterocycles. The zero-order chi connectivity index (χ0) is 10.7. The minimum Gasteiger partial charge on any atom is -0.381 e. The summed E-state index contributed by atoms with van der Waals surface area (Å²) >= 11 is 0. The fourth-order valence-electron chi connectivity index (χ4n) is 3.00. The van der Waals surface area contributed by atoms with Crippen molar-refractivity contribution < 1.29 is 4.74 Å². The van der Waals surface area contributed by atoms with Crippen molar-refractivity contribution in [1.29, 1.82) is 0 Å². The van der Waals surface area contributed by atoms with Crippen molar-refractivity contribution in [2.24, 2.45) is 11.1 Å². The van der Waals surface area contributed by atoms with Gasteiger partial charge in [0.1, 0.15) is 0 Å². The van der Waals surface area contributed by atoms with Gasteiger partial charge in [-0.1, -0.05) is 12.8 Å². The maximum absolute atomic E-state index is 5.91. The number of nitrogens with two attached hydrogens (primary N) is 1. The summed E-state index contributed by atoms with van der Waals surface area (Å²) in [6.07, 6.45) is 6.69. The summed E-state index contributed by atoms with van der Waals surface area (Å²) in [4.78, 5) is 2.52. The highest BCUT2D eigenvalue weighted by Crippen LogP contribution is 2.31. The Morgan fingerprint density at radius 1 is 1.40 bits per heavy atom. The van der Waals surface area contributed by atoms with Crippen molar-refractivity contribution in [3.63, 3.8) is 0 Å². The van der Waals surface area contributed by atoms with Crippen molar-refractivity contribution in [2.75, 3.05) is 33.4 Å². The molecular formula is C12H24N2O. The summed E-state index contributed by atoms with van der Waals surface area (Å²) in [7, 11) is 2.26. The fourth-order valence-corrected chi connectivity index (χ4v) is 3.00. The van der Waals surface area contributed by atoms with Gasteiger partial charge < -0.3 is 15.4 Å². The smallest absolute Gasteiger partial charge is 0.0547 e. The molecule has 1 aliphatic heterocycles. The predicted molar refractivity (Wildman–Crippen MR) is 61.8 cm³/mol. The minimum absolute atomic E-state index is 0.247. The van der Waals surface area contributed by atoms with Gasteiger partial charge in [0.15, 0.2) is 0 Å². The van der Waals surface area contributed by atoms with Crippen LogP contribution in [-0.2, 0) is 4.74 Å². The van der Waals surface area contributed by atoms with Crippen LogP contribution in [0.3, 0.4) is 0 Å². The van der Waals surface area contributed by atoms with Crippen molar-refractivity contribution >= 4 is 0 Å². The molecule has 1 saturated carbocycles. The Bertz CT molecular complexity index is 196. The van der Waals surface area contributed by atoms with Crippen LogP contribution in [0.2, 0.25) is 0 Å². The molecule has 0 amide bonds. The average Bonchev–Trinajstić information content (AvgIpc) is 2.88. The van der Waals surface area contributed by atoms with Crippen LogP contribution in [0.5, 0.6) is 0 Å². The van der Waals surface area contributed by atoms with E-state index in [4.69, 9.17) is 10.5 Å². The van der Waals surface area contributed by atoms with E-state index in [2.05, 4.69) is 11.9 Å². The number of hydrogen-bond acceptors (Lipinski definition) is 3. The van der Waals surface area contributed by atoms with Gasteiger partial charge in [0.25, 0.3) is 0 Å². The van der Waals surface area contributed by atoms with Crippen LogP contribution < -0.4 is 5.73 Å². The highest BCUT2D eigenvalue weighted by molar-refractivity contribution is 4.89. The van der Waals surface area contributed by atoms with E-state index < -0.39 is 0 Å². The number of nitrogens with zero attached hydrogens (tertiary/aromatic N) is 1. The summed E-state index contributed by atoms with van der Waals surface area (Å²) < 4.78 is 5.51. The van der Waals surface area contributed by atoms with Gasteiger partial charge in [-0.25, -0.2) is 0 Å². The van der Waals surface area contributed by atoms with Crippen LogP contribution in [0.15, 0.2) is 0 Å². The molecule has 3 heteroatoms. The van der Waals surface area contributed by atoms with Crippen LogP contribution in [0.25, 0.3) is 0 Å². The zero-order valence-corrected chi connectivity index (χ0v) is 9.87.